The van der Waals surface area contributed by atoms with Crippen molar-refractivity contribution in [3.05, 3.63) is 12.2 Å². The highest BCUT2D eigenvalue weighted by Crippen LogP contribution is 2.33. The summed E-state index contributed by atoms with van der Waals surface area (Å²) >= 11 is 0. The van der Waals surface area contributed by atoms with Crippen LogP contribution in [-0.2, 0) is 5.54 Å². The predicted octanol–water partition coefficient (Wildman–Crippen LogP) is 1.22. The average Bonchev–Trinajstić information content (AvgIpc) is 2.55. The Morgan fingerprint density at radius 3 is 2.58 bits per heavy atom. The second-order valence-electron chi connectivity index (χ2n) is 3.12. The summed E-state index contributed by atoms with van der Waals surface area (Å²) in [5, 5.41) is 3.76. The standard InChI is InChI=1S/C7H11N3O.ClH/c8-7(3-1-2-4-7)6-9-5-11-10-6;/h5H,1-4,8H2;1H. The SMILES string of the molecule is Cl.NC1(c2ncon2)CCCC1. The molecule has 0 aliphatic heterocycles. The van der Waals surface area contributed by atoms with Crippen molar-refractivity contribution in [3.8, 4) is 0 Å². The van der Waals surface area contributed by atoms with E-state index in [9.17, 15) is 0 Å². The normalized spacial score (nSPS) is 20.4. The van der Waals surface area contributed by atoms with Gasteiger partial charge in [0, 0.05) is 0 Å². The third kappa shape index (κ3) is 1.44. The van der Waals surface area contributed by atoms with Gasteiger partial charge in [-0.25, -0.2) is 0 Å². The van der Waals surface area contributed by atoms with E-state index in [1.54, 1.807) is 0 Å². The highest BCUT2D eigenvalue weighted by molar-refractivity contribution is 5.85. The summed E-state index contributed by atoms with van der Waals surface area (Å²) in [5.41, 5.74) is 5.74. The maximum absolute atomic E-state index is 6.04. The summed E-state index contributed by atoms with van der Waals surface area (Å²) in [7, 11) is 0. The Morgan fingerprint density at radius 1 is 1.42 bits per heavy atom. The lowest BCUT2D eigenvalue weighted by Gasteiger charge is -2.17. The van der Waals surface area contributed by atoms with Crippen LogP contribution in [0.25, 0.3) is 0 Å². The van der Waals surface area contributed by atoms with Crippen LogP contribution < -0.4 is 5.73 Å². The topological polar surface area (TPSA) is 64.9 Å². The van der Waals surface area contributed by atoms with Gasteiger partial charge in [-0.2, -0.15) is 4.98 Å². The van der Waals surface area contributed by atoms with Crippen molar-refractivity contribution in [3.63, 3.8) is 0 Å². The minimum Gasteiger partial charge on any atom is -0.343 e. The summed E-state index contributed by atoms with van der Waals surface area (Å²) in [5.74, 6) is 0.662. The fraction of sp³-hybridized carbons (Fsp3) is 0.714. The monoisotopic (exact) mass is 189 g/mol. The molecule has 4 nitrogen and oxygen atoms in total. The number of rotatable bonds is 1. The highest BCUT2D eigenvalue weighted by atomic mass is 35.5. The molecule has 0 atom stereocenters. The molecule has 1 saturated carbocycles. The lowest BCUT2D eigenvalue weighted by molar-refractivity contribution is 0.367. The number of hydrogen-bond acceptors (Lipinski definition) is 4. The summed E-state index contributed by atoms with van der Waals surface area (Å²) < 4.78 is 4.65. The minimum atomic E-state index is -0.299. The molecule has 1 aliphatic rings. The Kier molecular flexibility index (Phi) is 2.69. The molecule has 1 fully saturated rings. The van der Waals surface area contributed by atoms with Crippen molar-refractivity contribution in [1.29, 1.82) is 0 Å². The summed E-state index contributed by atoms with van der Waals surface area (Å²) in [6, 6.07) is 0. The van der Waals surface area contributed by atoms with Gasteiger partial charge in [-0.3, -0.25) is 0 Å². The van der Waals surface area contributed by atoms with Crippen LogP contribution in [0.1, 0.15) is 31.5 Å². The molecule has 12 heavy (non-hydrogen) atoms. The molecule has 0 unspecified atom stereocenters. The summed E-state index contributed by atoms with van der Waals surface area (Å²) in [6.07, 6.45) is 5.64. The third-order valence-electron chi connectivity index (χ3n) is 2.30. The van der Waals surface area contributed by atoms with Gasteiger partial charge in [0.05, 0.1) is 5.54 Å². The first-order valence-corrected chi connectivity index (χ1v) is 3.87. The van der Waals surface area contributed by atoms with E-state index < -0.39 is 0 Å². The molecule has 1 aliphatic carbocycles. The molecule has 0 bridgehead atoms. The number of nitrogens with zero attached hydrogens (tertiary/aromatic N) is 2. The highest BCUT2D eigenvalue weighted by Gasteiger charge is 2.34. The molecule has 5 heteroatoms. The fourth-order valence-corrected chi connectivity index (χ4v) is 1.62. The van der Waals surface area contributed by atoms with E-state index in [0.717, 1.165) is 12.8 Å². The Bertz CT molecular complexity index is 231. The van der Waals surface area contributed by atoms with Crippen molar-refractivity contribution >= 4 is 12.4 Å². The summed E-state index contributed by atoms with van der Waals surface area (Å²) in [4.78, 5) is 3.97. The van der Waals surface area contributed by atoms with E-state index in [2.05, 4.69) is 14.7 Å². The Morgan fingerprint density at radius 2 is 2.08 bits per heavy atom. The van der Waals surface area contributed by atoms with Crippen LogP contribution in [0.5, 0.6) is 0 Å². The van der Waals surface area contributed by atoms with Crippen LogP contribution in [0.2, 0.25) is 0 Å². The zero-order valence-corrected chi connectivity index (χ0v) is 7.51. The van der Waals surface area contributed by atoms with Gasteiger partial charge in [-0.05, 0) is 12.8 Å². The Balaban J connectivity index is 0.000000720. The van der Waals surface area contributed by atoms with Crippen LogP contribution >= 0.6 is 12.4 Å². The van der Waals surface area contributed by atoms with E-state index in [4.69, 9.17) is 5.73 Å². The minimum absolute atomic E-state index is 0. The number of nitrogens with two attached hydrogens (primary N) is 1. The van der Waals surface area contributed by atoms with Crippen LogP contribution in [0.3, 0.4) is 0 Å². The smallest absolute Gasteiger partial charge is 0.213 e. The van der Waals surface area contributed by atoms with Gasteiger partial charge in [-0.15, -0.1) is 12.4 Å². The van der Waals surface area contributed by atoms with Gasteiger partial charge in [0.1, 0.15) is 0 Å². The molecule has 0 spiro atoms. The number of hydrogen-bond donors (Lipinski definition) is 1. The molecule has 1 heterocycles. The van der Waals surface area contributed by atoms with E-state index in [1.807, 2.05) is 0 Å². The van der Waals surface area contributed by atoms with Gasteiger partial charge < -0.3 is 10.3 Å². The maximum atomic E-state index is 6.04. The second-order valence-corrected chi connectivity index (χ2v) is 3.12. The quantitative estimate of drug-likeness (QED) is 0.722. The van der Waals surface area contributed by atoms with Crippen molar-refractivity contribution in [2.75, 3.05) is 0 Å². The first kappa shape index (κ1) is 9.48. The molecule has 2 N–H and O–H groups in total. The van der Waals surface area contributed by atoms with Crippen molar-refractivity contribution in [2.24, 2.45) is 5.73 Å². The molecule has 1 aromatic heterocycles. The molecule has 68 valence electrons. The van der Waals surface area contributed by atoms with E-state index in [1.165, 1.54) is 19.2 Å². The molecule has 0 aromatic carbocycles. The van der Waals surface area contributed by atoms with Crippen LogP contribution in [-0.4, -0.2) is 10.1 Å². The van der Waals surface area contributed by atoms with Gasteiger partial charge in [0.2, 0.25) is 6.39 Å². The van der Waals surface area contributed by atoms with Gasteiger partial charge in [0.25, 0.3) is 0 Å². The average molecular weight is 190 g/mol. The number of aromatic nitrogens is 2. The molecular weight excluding hydrogens is 178 g/mol. The largest absolute Gasteiger partial charge is 0.343 e. The number of halogens is 1. The predicted molar refractivity (Wildman–Crippen MR) is 45.9 cm³/mol. The van der Waals surface area contributed by atoms with Crippen LogP contribution in [0.15, 0.2) is 10.9 Å². The molecule has 2 rings (SSSR count). The van der Waals surface area contributed by atoms with Gasteiger partial charge >= 0.3 is 0 Å². The molecule has 0 amide bonds. The Hall–Kier alpha value is -0.610. The molecule has 1 aromatic rings. The summed E-state index contributed by atoms with van der Waals surface area (Å²) in [6.45, 7) is 0. The van der Waals surface area contributed by atoms with Crippen LogP contribution in [0.4, 0.5) is 0 Å². The zero-order chi connectivity index (χ0) is 7.73. The molecule has 0 radical (unpaired) electrons. The zero-order valence-electron chi connectivity index (χ0n) is 6.69. The van der Waals surface area contributed by atoms with Crippen molar-refractivity contribution in [1.82, 2.24) is 10.1 Å². The van der Waals surface area contributed by atoms with Crippen molar-refractivity contribution < 1.29 is 4.52 Å². The lowest BCUT2D eigenvalue weighted by Crippen LogP contribution is -2.34. The van der Waals surface area contributed by atoms with Crippen molar-refractivity contribution in [2.45, 2.75) is 31.2 Å². The van der Waals surface area contributed by atoms with E-state index in [-0.39, 0.29) is 17.9 Å². The van der Waals surface area contributed by atoms with Gasteiger partial charge in [0.15, 0.2) is 5.82 Å². The third-order valence-corrected chi connectivity index (χ3v) is 2.30. The lowest BCUT2D eigenvalue weighted by atomic mass is 9.99. The molecular formula is C7H12ClN3O. The first-order chi connectivity index (χ1) is 5.31. The van der Waals surface area contributed by atoms with Gasteiger partial charge in [-0.1, -0.05) is 18.0 Å². The van der Waals surface area contributed by atoms with E-state index in [0.29, 0.717) is 5.82 Å². The fourth-order valence-electron chi connectivity index (χ4n) is 1.62. The Labute approximate surface area is 76.9 Å². The first-order valence-electron chi connectivity index (χ1n) is 3.87. The van der Waals surface area contributed by atoms with E-state index >= 15 is 0 Å². The second kappa shape index (κ2) is 3.41. The maximum Gasteiger partial charge on any atom is 0.213 e. The molecule has 0 saturated heterocycles. The van der Waals surface area contributed by atoms with Crippen LogP contribution in [0, 0.1) is 0 Å².